The first-order valence-electron chi connectivity index (χ1n) is 6.69. The number of hydrogen-bond acceptors (Lipinski definition) is 3. The van der Waals surface area contributed by atoms with Crippen LogP contribution in [0.1, 0.15) is 38.3 Å². The molecule has 2 N–H and O–H groups in total. The molecule has 4 nitrogen and oxygen atoms in total. The van der Waals surface area contributed by atoms with Gasteiger partial charge in [-0.15, -0.1) is 0 Å². The first kappa shape index (κ1) is 12.6. The first-order chi connectivity index (χ1) is 8.31. The quantitative estimate of drug-likeness (QED) is 0.789. The lowest BCUT2D eigenvalue weighted by Crippen LogP contribution is -2.28. The van der Waals surface area contributed by atoms with Gasteiger partial charge in [0, 0.05) is 25.8 Å². The summed E-state index contributed by atoms with van der Waals surface area (Å²) in [6.45, 7) is 4.97. The predicted octanol–water partition coefficient (Wildman–Crippen LogP) is 1.54. The fourth-order valence-corrected chi connectivity index (χ4v) is 2.58. The van der Waals surface area contributed by atoms with E-state index in [0.717, 1.165) is 38.9 Å². The molecule has 0 aliphatic heterocycles. The van der Waals surface area contributed by atoms with E-state index >= 15 is 0 Å². The molecule has 2 rings (SSSR count). The molecule has 1 heterocycles. The highest BCUT2D eigenvalue weighted by atomic mass is 16.3. The summed E-state index contributed by atoms with van der Waals surface area (Å²) in [6, 6.07) is 0. The number of rotatable bonds is 6. The van der Waals surface area contributed by atoms with E-state index in [4.69, 9.17) is 0 Å². The minimum absolute atomic E-state index is 0.0944. The van der Waals surface area contributed by atoms with Crippen LogP contribution in [0.2, 0.25) is 0 Å². The van der Waals surface area contributed by atoms with Crippen molar-refractivity contribution < 1.29 is 5.11 Å². The van der Waals surface area contributed by atoms with Crippen LogP contribution in [0.15, 0.2) is 12.5 Å². The molecule has 1 fully saturated rings. The maximum atomic E-state index is 9.73. The van der Waals surface area contributed by atoms with Crippen molar-refractivity contribution in [2.24, 2.45) is 5.92 Å². The number of aliphatic hydroxyl groups is 1. The minimum Gasteiger partial charge on any atom is -0.393 e. The summed E-state index contributed by atoms with van der Waals surface area (Å²) in [5.74, 6) is 0.442. The van der Waals surface area contributed by atoms with Crippen molar-refractivity contribution in [2.45, 2.75) is 51.8 Å². The Kier molecular flexibility index (Phi) is 4.57. The Bertz CT molecular complexity index is 337. The van der Waals surface area contributed by atoms with Gasteiger partial charge >= 0.3 is 0 Å². The molecule has 0 spiro atoms. The van der Waals surface area contributed by atoms with Gasteiger partial charge in [-0.2, -0.15) is 0 Å². The van der Waals surface area contributed by atoms with Crippen LogP contribution in [0, 0.1) is 5.92 Å². The van der Waals surface area contributed by atoms with Gasteiger partial charge in [-0.05, 0) is 25.2 Å². The molecular weight excluding hydrogens is 214 g/mol. The van der Waals surface area contributed by atoms with Crippen LogP contribution in [0.25, 0.3) is 0 Å². The molecule has 17 heavy (non-hydrogen) atoms. The molecule has 96 valence electrons. The van der Waals surface area contributed by atoms with Crippen LogP contribution in [0.3, 0.4) is 0 Å². The Morgan fingerprint density at radius 3 is 3.12 bits per heavy atom. The number of nitrogens with one attached hydrogen (secondary N) is 1. The van der Waals surface area contributed by atoms with Crippen molar-refractivity contribution >= 4 is 0 Å². The summed E-state index contributed by atoms with van der Waals surface area (Å²) in [6.07, 6.45) is 8.15. The molecule has 0 aromatic carbocycles. The first-order valence-corrected chi connectivity index (χ1v) is 6.69. The third-order valence-electron chi connectivity index (χ3n) is 3.59. The summed E-state index contributed by atoms with van der Waals surface area (Å²) in [5, 5.41) is 13.2. The predicted molar refractivity (Wildman–Crippen MR) is 67.6 cm³/mol. The molecule has 2 atom stereocenters. The molecular formula is C13H23N3O. The van der Waals surface area contributed by atoms with E-state index in [1.165, 1.54) is 12.1 Å². The lowest BCUT2D eigenvalue weighted by Gasteiger charge is -2.15. The minimum atomic E-state index is -0.0944. The Balaban J connectivity index is 1.75. The van der Waals surface area contributed by atoms with Crippen molar-refractivity contribution in [3.63, 3.8) is 0 Å². The van der Waals surface area contributed by atoms with Gasteiger partial charge in [0.2, 0.25) is 0 Å². The summed E-state index contributed by atoms with van der Waals surface area (Å²) in [7, 11) is 0. The maximum absolute atomic E-state index is 9.73. The van der Waals surface area contributed by atoms with Crippen molar-refractivity contribution in [1.82, 2.24) is 14.9 Å². The zero-order chi connectivity index (χ0) is 12.1. The van der Waals surface area contributed by atoms with Gasteiger partial charge in [-0.1, -0.05) is 13.3 Å². The molecule has 1 saturated carbocycles. The number of hydrogen-bond donors (Lipinski definition) is 2. The van der Waals surface area contributed by atoms with Crippen molar-refractivity contribution in [3.8, 4) is 0 Å². The van der Waals surface area contributed by atoms with Gasteiger partial charge < -0.3 is 15.0 Å². The summed E-state index contributed by atoms with van der Waals surface area (Å²) >= 11 is 0. The number of imidazole rings is 1. The molecule has 0 bridgehead atoms. The van der Waals surface area contributed by atoms with E-state index in [0.29, 0.717) is 5.92 Å². The molecule has 0 amide bonds. The van der Waals surface area contributed by atoms with Gasteiger partial charge in [0.25, 0.3) is 0 Å². The number of aromatic nitrogens is 2. The number of aryl methyl sites for hydroxylation is 1. The fraction of sp³-hybridized carbons (Fsp3) is 0.769. The Morgan fingerprint density at radius 1 is 1.53 bits per heavy atom. The van der Waals surface area contributed by atoms with Gasteiger partial charge in [0.1, 0.15) is 0 Å². The average Bonchev–Trinajstić information content (AvgIpc) is 2.90. The largest absolute Gasteiger partial charge is 0.393 e. The monoisotopic (exact) mass is 237 g/mol. The summed E-state index contributed by atoms with van der Waals surface area (Å²) in [5.41, 5.74) is 1.24. The SMILES string of the molecule is CCCn1cncc1CNCC1CCCC1O. The summed E-state index contributed by atoms with van der Waals surface area (Å²) < 4.78 is 2.19. The highest BCUT2D eigenvalue weighted by Crippen LogP contribution is 2.24. The lowest BCUT2D eigenvalue weighted by molar-refractivity contribution is 0.131. The van der Waals surface area contributed by atoms with E-state index in [-0.39, 0.29) is 6.10 Å². The second kappa shape index (κ2) is 6.17. The zero-order valence-corrected chi connectivity index (χ0v) is 10.6. The standard InChI is InChI=1S/C13H23N3O/c1-2-6-16-10-15-9-12(16)8-14-7-11-4-3-5-13(11)17/h9-11,13-14,17H,2-8H2,1H3. The van der Waals surface area contributed by atoms with Crippen molar-refractivity contribution in [1.29, 1.82) is 0 Å². The molecule has 1 aromatic rings. The average molecular weight is 237 g/mol. The van der Waals surface area contributed by atoms with Crippen LogP contribution in [0.5, 0.6) is 0 Å². The van der Waals surface area contributed by atoms with E-state index in [1.807, 2.05) is 12.5 Å². The molecule has 1 aliphatic rings. The maximum Gasteiger partial charge on any atom is 0.0948 e. The highest BCUT2D eigenvalue weighted by molar-refractivity contribution is 4.98. The van der Waals surface area contributed by atoms with Crippen LogP contribution < -0.4 is 5.32 Å². The van der Waals surface area contributed by atoms with Crippen LogP contribution in [-0.2, 0) is 13.1 Å². The molecule has 0 radical (unpaired) electrons. The van der Waals surface area contributed by atoms with E-state index in [1.54, 1.807) is 0 Å². The number of aliphatic hydroxyl groups excluding tert-OH is 1. The Hall–Kier alpha value is -0.870. The fourth-order valence-electron chi connectivity index (χ4n) is 2.58. The van der Waals surface area contributed by atoms with Gasteiger partial charge in [0.15, 0.2) is 0 Å². The smallest absolute Gasteiger partial charge is 0.0948 e. The van der Waals surface area contributed by atoms with Gasteiger partial charge in [-0.3, -0.25) is 0 Å². The van der Waals surface area contributed by atoms with Gasteiger partial charge in [-0.25, -0.2) is 4.98 Å². The van der Waals surface area contributed by atoms with E-state index in [9.17, 15) is 5.11 Å². The molecule has 4 heteroatoms. The molecule has 2 unspecified atom stereocenters. The van der Waals surface area contributed by atoms with Crippen LogP contribution in [0.4, 0.5) is 0 Å². The third-order valence-corrected chi connectivity index (χ3v) is 3.59. The Labute approximate surface area is 103 Å². The number of nitrogens with zero attached hydrogens (tertiary/aromatic N) is 2. The summed E-state index contributed by atoms with van der Waals surface area (Å²) in [4.78, 5) is 4.18. The molecule has 0 saturated heterocycles. The second-order valence-electron chi connectivity index (χ2n) is 4.97. The van der Waals surface area contributed by atoms with Crippen LogP contribution in [-0.4, -0.2) is 27.3 Å². The van der Waals surface area contributed by atoms with E-state index < -0.39 is 0 Å². The molecule has 1 aromatic heterocycles. The van der Waals surface area contributed by atoms with Crippen molar-refractivity contribution in [3.05, 3.63) is 18.2 Å². The van der Waals surface area contributed by atoms with Crippen molar-refractivity contribution in [2.75, 3.05) is 6.54 Å². The highest BCUT2D eigenvalue weighted by Gasteiger charge is 2.24. The molecule has 1 aliphatic carbocycles. The zero-order valence-electron chi connectivity index (χ0n) is 10.6. The lowest BCUT2D eigenvalue weighted by atomic mass is 10.1. The second-order valence-corrected chi connectivity index (χ2v) is 4.97. The topological polar surface area (TPSA) is 50.1 Å². The third kappa shape index (κ3) is 3.30. The van der Waals surface area contributed by atoms with Crippen LogP contribution >= 0.6 is 0 Å². The Morgan fingerprint density at radius 2 is 2.41 bits per heavy atom. The van der Waals surface area contributed by atoms with Gasteiger partial charge in [0.05, 0.1) is 18.1 Å². The van der Waals surface area contributed by atoms with E-state index in [2.05, 4.69) is 21.8 Å². The normalized spacial score (nSPS) is 24.4.